The molecular formula is C15H24N4S. The van der Waals surface area contributed by atoms with E-state index in [4.69, 9.17) is 0 Å². The van der Waals surface area contributed by atoms with Crippen LogP contribution in [0.4, 0.5) is 0 Å². The van der Waals surface area contributed by atoms with Crippen LogP contribution in [0.1, 0.15) is 46.4 Å². The van der Waals surface area contributed by atoms with E-state index in [-0.39, 0.29) is 0 Å². The maximum atomic E-state index is 4.57. The first-order chi connectivity index (χ1) is 9.51. The average Bonchev–Trinajstić information content (AvgIpc) is 2.87. The van der Waals surface area contributed by atoms with Gasteiger partial charge in [-0.3, -0.25) is 4.68 Å². The molecule has 0 aromatic carbocycles. The van der Waals surface area contributed by atoms with Crippen molar-refractivity contribution in [1.29, 1.82) is 0 Å². The Kier molecular flexibility index (Phi) is 4.94. The van der Waals surface area contributed by atoms with Crippen molar-refractivity contribution in [2.75, 3.05) is 6.54 Å². The molecule has 0 aliphatic rings. The summed E-state index contributed by atoms with van der Waals surface area (Å²) in [4.78, 5) is 5.92. The second kappa shape index (κ2) is 6.50. The summed E-state index contributed by atoms with van der Waals surface area (Å²) >= 11 is 1.80. The van der Waals surface area contributed by atoms with Gasteiger partial charge in [-0.05, 0) is 39.8 Å². The summed E-state index contributed by atoms with van der Waals surface area (Å²) < 4.78 is 1.99. The van der Waals surface area contributed by atoms with E-state index in [9.17, 15) is 0 Å². The second-order valence-corrected chi connectivity index (χ2v) is 6.53. The van der Waals surface area contributed by atoms with Crippen molar-refractivity contribution in [3.8, 4) is 0 Å². The van der Waals surface area contributed by atoms with E-state index in [1.54, 1.807) is 11.3 Å². The third-order valence-electron chi connectivity index (χ3n) is 3.41. The molecular weight excluding hydrogens is 268 g/mol. The largest absolute Gasteiger partial charge is 0.309 e. The van der Waals surface area contributed by atoms with Gasteiger partial charge in [0.15, 0.2) is 0 Å². The molecule has 1 N–H and O–H groups in total. The van der Waals surface area contributed by atoms with Gasteiger partial charge in [0, 0.05) is 30.1 Å². The van der Waals surface area contributed by atoms with Crippen LogP contribution in [0.5, 0.6) is 0 Å². The lowest BCUT2D eigenvalue weighted by Crippen LogP contribution is -2.24. The van der Waals surface area contributed by atoms with E-state index in [0.29, 0.717) is 6.04 Å². The fourth-order valence-electron chi connectivity index (χ4n) is 2.51. The zero-order valence-corrected chi connectivity index (χ0v) is 13.8. The van der Waals surface area contributed by atoms with Crippen LogP contribution >= 0.6 is 11.3 Å². The highest BCUT2D eigenvalue weighted by Gasteiger charge is 2.19. The number of aromatic nitrogens is 3. The maximum Gasteiger partial charge on any atom is 0.0900 e. The summed E-state index contributed by atoms with van der Waals surface area (Å²) in [6, 6.07) is 2.50. The maximum absolute atomic E-state index is 4.57. The van der Waals surface area contributed by atoms with E-state index >= 15 is 0 Å². The van der Waals surface area contributed by atoms with Crippen LogP contribution in [0.2, 0.25) is 0 Å². The highest BCUT2D eigenvalue weighted by molar-refractivity contribution is 7.11. The van der Waals surface area contributed by atoms with Gasteiger partial charge in [-0.2, -0.15) is 5.10 Å². The zero-order valence-electron chi connectivity index (χ0n) is 13.0. The Morgan fingerprint density at radius 2 is 2.10 bits per heavy atom. The number of nitrogens with one attached hydrogen (secondary N) is 1. The number of rotatable bonds is 6. The summed E-state index contributed by atoms with van der Waals surface area (Å²) in [5.74, 6) is 0. The lowest BCUT2D eigenvalue weighted by molar-refractivity contribution is 0.516. The van der Waals surface area contributed by atoms with Gasteiger partial charge in [0.1, 0.15) is 0 Å². The van der Waals surface area contributed by atoms with Gasteiger partial charge in [0.2, 0.25) is 0 Å². The summed E-state index contributed by atoms with van der Waals surface area (Å²) in [6.07, 6.45) is 2.09. The predicted octanol–water partition coefficient (Wildman–Crippen LogP) is 3.09. The molecule has 2 rings (SSSR count). The predicted molar refractivity (Wildman–Crippen MR) is 84.3 cm³/mol. The molecule has 0 amide bonds. The van der Waals surface area contributed by atoms with Gasteiger partial charge in [0.25, 0.3) is 0 Å². The molecule has 0 aliphatic carbocycles. The highest BCUT2D eigenvalue weighted by atomic mass is 32.1. The van der Waals surface area contributed by atoms with Crippen molar-refractivity contribution in [3.63, 3.8) is 0 Å². The minimum atomic E-state index is 0.330. The molecule has 2 aromatic heterocycles. The fourth-order valence-corrected chi connectivity index (χ4v) is 3.51. The number of thiazole rings is 1. The molecule has 20 heavy (non-hydrogen) atoms. The molecule has 110 valence electrons. The molecule has 5 heteroatoms. The smallest absolute Gasteiger partial charge is 0.0900 e. The normalized spacial score (nSPS) is 12.8. The van der Waals surface area contributed by atoms with Crippen molar-refractivity contribution in [3.05, 3.63) is 33.0 Å². The van der Waals surface area contributed by atoms with Crippen LogP contribution in [0.3, 0.4) is 0 Å². The van der Waals surface area contributed by atoms with Crippen LogP contribution in [0.25, 0.3) is 0 Å². The molecule has 4 nitrogen and oxygen atoms in total. The summed E-state index contributed by atoms with van der Waals surface area (Å²) in [6.45, 7) is 9.45. The second-order valence-electron chi connectivity index (χ2n) is 5.29. The topological polar surface area (TPSA) is 42.7 Å². The number of aryl methyl sites for hydroxylation is 4. The minimum Gasteiger partial charge on any atom is -0.309 e. The van der Waals surface area contributed by atoms with Gasteiger partial charge in [-0.25, -0.2) is 4.98 Å². The summed E-state index contributed by atoms with van der Waals surface area (Å²) in [7, 11) is 2.02. The summed E-state index contributed by atoms with van der Waals surface area (Å²) in [5, 5.41) is 9.24. The fraction of sp³-hybridized carbons (Fsp3) is 0.600. The molecule has 2 heterocycles. The average molecular weight is 292 g/mol. The molecule has 0 saturated carbocycles. The van der Waals surface area contributed by atoms with Crippen molar-refractivity contribution in [2.45, 2.75) is 46.6 Å². The molecule has 0 radical (unpaired) electrons. The van der Waals surface area contributed by atoms with E-state index in [2.05, 4.69) is 42.2 Å². The Morgan fingerprint density at radius 3 is 2.60 bits per heavy atom. The van der Waals surface area contributed by atoms with E-state index < -0.39 is 0 Å². The number of hydrogen-bond donors (Lipinski definition) is 1. The Bertz CT molecular complexity index is 570. The Labute approximate surface area is 125 Å². The van der Waals surface area contributed by atoms with Crippen molar-refractivity contribution in [1.82, 2.24) is 20.1 Å². The first-order valence-corrected chi connectivity index (χ1v) is 7.99. The minimum absolute atomic E-state index is 0.330. The zero-order chi connectivity index (χ0) is 14.7. The first-order valence-electron chi connectivity index (χ1n) is 7.18. The van der Waals surface area contributed by atoms with E-state index in [1.807, 2.05) is 18.7 Å². The first kappa shape index (κ1) is 15.2. The molecule has 0 aliphatic heterocycles. The van der Waals surface area contributed by atoms with Gasteiger partial charge >= 0.3 is 0 Å². The molecule has 1 atom stereocenters. The van der Waals surface area contributed by atoms with Crippen LogP contribution in [0.15, 0.2) is 6.07 Å². The van der Waals surface area contributed by atoms with Gasteiger partial charge in [0.05, 0.1) is 16.4 Å². The Hall–Kier alpha value is -1.20. The lowest BCUT2D eigenvalue weighted by Gasteiger charge is -2.17. The Morgan fingerprint density at radius 1 is 1.35 bits per heavy atom. The quantitative estimate of drug-likeness (QED) is 0.889. The number of hydrogen-bond acceptors (Lipinski definition) is 4. The third-order valence-corrected chi connectivity index (χ3v) is 4.60. The van der Waals surface area contributed by atoms with Crippen molar-refractivity contribution >= 4 is 11.3 Å². The van der Waals surface area contributed by atoms with Crippen LogP contribution in [0, 0.1) is 20.8 Å². The molecule has 0 fully saturated rings. The lowest BCUT2D eigenvalue weighted by atomic mass is 10.1. The number of nitrogens with zero attached hydrogens (tertiary/aromatic N) is 3. The highest BCUT2D eigenvalue weighted by Crippen LogP contribution is 2.27. The van der Waals surface area contributed by atoms with Gasteiger partial charge in [-0.1, -0.05) is 6.92 Å². The van der Waals surface area contributed by atoms with Crippen molar-refractivity contribution in [2.24, 2.45) is 7.05 Å². The molecule has 0 saturated heterocycles. The van der Waals surface area contributed by atoms with Crippen LogP contribution in [-0.4, -0.2) is 21.3 Å². The van der Waals surface area contributed by atoms with Crippen molar-refractivity contribution < 1.29 is 0 Å². The van der Waals surface area contributed by atoms with Crippen LogP contribution in [-0.2, 0) is 13.5 Å². The van der Waals surface area contributed by atoms with E-state index in [1.165, 1.54) is 10.6 Å². The molecule has 2 aromatic rings. The van der Waals surface area contributed by atoms with E-state index in [0.717, 1.165) is 35.8 Å². The molecule has 0 bridgehead atoms. The summed E-state index contributed by atoms with van der Waals surface area (Å²) in [5.41, 5.74) is 3.50. The molecule has 0 spiro atoms. The third kappa shape index (κ3) is 3.46. The monoisotopic (exact) mass is 292 g/mol. The van der Waals surface area contributed by atoms with Crippen LogP contribution < -0.4 is 5.32 Å². The van der Waals surface area contributed by atoms with Gasteiger partial charge < -0.3 is 5.32 Å². The van der Waals surface area contributed by atoms with Gasteiger partial charge in [-0.15, -0.1) is 11.3 Å². The SMILES string of the molecule is CCCNC(Cc1cc(C)nn1C)c1sc(C)nc1C. The standard InChI is InChI=1S/C15H24N4S/c1-6-7-16-14(15-11(3)17-12(4)20-15)9-13-8-10(2)18-19(13)5/h8,14,16H,6-7,9H2,1-5H3. The molecule has 1 unspecified atom stereocenters. The Balaban J connectivity index is 2.23.